The van der Waals surface area contributed by atoms with E-state index in [-0.39, 0.29) is 11.5 Å². The van der Waals surface area contributed by atoms with E-state index in [4.69, 9.17) is 0 Å². The van der Waals surface area contributed by atoms with Crippen LogP contribution in [0.1, 0.15) is 45.8 Å². The molecule has 0 aliphatic rings. The summed E-state index contributed by atoms with van der Waals surface area (Å²) >= 11 is 1.64. The zero-order chi connectivity index (χ0) is 10.8. The Kier molecular flexibility index (Phi) is 3.73. The molecule has 2 atom stereocenters. The van der Waals surface area contributed by atoms with Gasteiger partial charge in [0.25, 0.3) is 0 Å². The predicted molar refractivity (Wildman–Crippen MR) is 62.5 cm³/mol. The molecule has 0 aromatic carbocycles. The van der Waals surface area contributed by atoms with Gasteiger partial charge in [-0.3, -0.25) is 0 Å². The highest BCUT2D eigenvalue weighted by atomic mass is 32.1. The topological polar surface area (TPSA) is 20.2 Å². The highest BCUT2D eigenvalue weighted by molar-refractivity contribution is 7.07. The lowest BCUT2D eigenvalue weighted by Gasteiger charge is -2.28. The molecular formula is C12H20OS. The standard InChI is InChI=1S/C12H20OS/c1-9(12(2,3)4)7-11(13)10-5-6-14-8-10/h5-6,8-9,11,13H,7H2,1-4H3. The molecule has 2 heteroatoms. The van der Waals surface area contributed by atoms with Gasteiger partial charge in [-0.2, -0.15) is 11.3 Å². The van der Waals surface area contributed by atoms with Crippen LogP contribution in [0.15, 0.2) is 16.8 Å². The Morgan fingerprint density at radius 3 is 2.50 bits per heavy atom. The lowest BCUT2D eigenvalue weighted by atomic mass is 9.78. The quantitative estimate of drug-likeness (QED) is 0.806. The summed E-state index contributed by atoms with van der Waals surface area (Å²) in [6, 6.07) is 2.00. The lowest BCUT2D eigenvalue weighted by molar-refractivity contribution is 0.111. The van der Waals surface area contributed by atoms with Crippen molar-refractivity contribution in [1.82, 2.24) is 0 Å². The monoisotopic (exact) mass is 212 g/mol. The van der Waals surface area contributed by atoms with Gasteiger partial charge in [-0.1, -0.05) is 27.7 Å². The van der Waals surface area contributed by atoms with Gasteiger partial charge in [0.15, 0.2) is 0 Å². The molecule has 0 aliphatic heterocycles. The van der Waals surface area contributed by atoms with E-state index < -0.39 is 0 Å². The second kappa shape index (κ2) is 4.45. The van der Waals surface area contributed by atoms with Crippen molar-refractivity contribution in [3.8, 4) is 0 Å². The molecule has 1 N–H and O–H groups in total. The van der Waals surface area contributed by atoms with Gasteiger partial charge < -0.3 is 5.11 Å². The highest BCUT2D eigenvalue weighted by Gasteiger charge is 2.23. The normalized spacial score (nSPS) is 16.6. The van der Waals surface area contributed by atoms with Gasteiger partial charge in [-0.05, 0) is 40.1 Å². The molecule has 0 radical (unpaired) electrons. The van der Waals surface area contributed by atoms with Crippen molar-refractivity contribution in [1.29, 1.82) is 0 Å². The maximum absolute atomic E-state index is 9.95. The van der Waals surface area contributed by atoms with Gasteiger partial charge in [-0.25, -0.2) is 0 Å². The molecule has 80 valence electrons. The van der Waals surface area contributed by atoms with E-state index >= 15 is 0 Å². The second-order valence-corrected chi connectivity index (χ2v) is 5.86. The van der Waals surface area contributed by atoms with Crippen LogP contribution >= 0.6 is 11.3 Å². The average Bonchev–Trinajstić information content (AvgIpc) is 2.53. The van der Waals surface area contributed by atoms with Gasteiger partial charge >= 0.3 is 0 Å². The Morgan fingerprint density at radius 1 is 1.43 bits per heavy atom. The minimum atomic E-state index is -0.296. The molecule has 2 unspecified atom stereocenters. The average molecular weight is 212 g/mol. The van der Waals surface area contributed by atoms with Crippen molar-refractivity contribution < 1.29 is 5.11 Å². The van der Waals surface area contributed by atoms with E-state index in [0.29, 0.717) is 5.92 Å². The first-order valence-electron chi connectivity index (χ1n) is 5.11. The van der Waals surface area contributed by atoms with Crippen molar-refractivity contribution >= 4 is 11.3 Å². The summed E-state index contributed by atoms with van der Waals surface area (Å²) in [7, 11) is 0. The van der Waals surface area contributed by atoms with Crippen LogP contribution in [0.4, 0.5) is 0 Å². The minimum absolute atomic E-state index is 0.275. The fourth-order valence-corrected chi connectivity index (χ4v) is 2.00. The lowest BCUT2D eigenvalue weighted by Crippen LogP contribution is -2.19. The van der Waals surface area contributed by atoms with Crippen molar-refractivity contribution in [3.05, 3.63) is 22.4 Å². The molecule has 0 spiro atoms. The molecule has 1 heterocycles. The molecule has 0 amide bonds. The largest absolute Gasteiger partial charge is 0.388 e. The third-order valence-electron chi connectivity index (χ3n) is 2.98. The first-order valence-corrected chi connectivity index (χ1v) is 6.05. The van der Waals surface area contributed by atoms with E-state index in [9.17, 15) is 5.11 Å². The fourth-order valence-electron chi connectivity index (χ4n) is 1.29. The summed E-state index contributed by atoms with van der Waals surface area (Å²) in [5, 5.41) is 14.0. The van der Waals surface area contributed by atoms with Gasteiger partial charge in [0, 0.05) is 0 Å². The van der Waals surface area contributed by atoms with Crippen LogP contribution in [-0.2, 0) is 0 Å². The maximum atomic E-state index is 9.95. The van der Waals surface area contributed by atoms with Crippen LogP contribution in [0.2, 0.25) is 0 Å². The molecule has 1 nitrogen and oxygen atoms in total. The van der Waals surface area contributed by atoms with Crippen LogP contribution in [-0.4, -0.2) is 5.11 Å². The molecule has 0 fully saturated rings. The Morgan fingerprint density at radius 2 is 2.07 bits per heavy atom. The number of aliphatic hydroxyl groups excluding tert-OH is 1. The molecule has 1 aromatic heterocycles. The molecule has 1 rings (SSSR count). The molecular weight excluding hydrogens is 192 g/mol. The number of aliphatic hydroxyl groups is 1. The van der Waals surface area contributed by atoms with Crippen molar-refractivity contribution in [2.24, 2.45) is 11.3 Å². The molecule has 1 aromatic rings. The van der Waals surface area contributed by atoms with E-state index in [2.05, 4.69) is 27.7 Å². The van der Waals surface area contributed by atoms with E-state index in [1.165, 1.54) is 0 Å². The summed E-state index contributed by atoms with van der Waals surface area (Å²) in [6.07, 6.45) is 0.552. The van der Waals surface area contributed by atoms with Crippen LogP contribution in [0.5, 0.6) is 0 Å². The van der Waals surface area contributed by atoms with Gasteiger partial charge in [0.2, 0.25) is 0 Å². The zero-order valence-electron chi connectivity index (χ0n) is 9.45. The second-order valence-electron chi connectivity index (χ2n) is 5.08. The van der Waals surface area contributed by atoms with E-state index in [1.807, 2.05) is 16.8 Å². The van der Waals surface area contributed by atoms with Crippen LogP contribution in [0, 0.1) is 11.3 Å². The van der Waals surface area contributed by atoms with Crippen molar-refractivity contribution in [3.63, 3.8) is 0 Å². The third-order valence-corrected chi connectivity index (χ3v) is 3.68. The Bertz CT molecular complexity index is 258. The molecule has 0 saturated heterocycles. The number of rotatable bonds is 3. The highest BCUT2D eigenvalue weighted by Crippen LogP contribution is 2.33. The van der Waals surface area contributed by atoms with Crippen molar-refractivity contribution in [2.75, 3.05) is 0 Å². The predicted octanol–water partition coefficient (Wildman–Crippen LogP) is 3.85. The van der Waals surface area contributed by atoms with Gasteiger partial charge in [0.1, 0.15) is 0 Å². The Balaban J connectivity index is 2.53. The number of hydrogen-bond donors (Lipinski definition) is 1. The van der Waals surface area contributed by atoms with Crippen LogP contribution in [0.25, 0.3) is 0 Å². The first kappa shape index (κ1) is 11.7. The third kappa shape index (κ3) is 3.10. The number of thiophene rings is 1. The van der Waals surface area contributed by atoms with E-state index in [1.54, 1.807) is 11.3 Å². The summed E-state index contributed by atoms with van der Waals surface area (Å²) in [5.41, 5.74) is 1.34. The smallest absolute Gasteiger partial charge is 0.0800 e. The summed E-state index contributed by atoms with van der Waals surface area (Å²) in [6.45, 7) is 8.86. The SMILES string of the molecule is CC(CC(O)c1ccsc1)C(C)(C)C. The zero-order valence-corrected chi connectivity index (χ0v) is 10.3. The molecule has 14 heavy (non-hydrogen) atoms. The number of hydrogen-bond acceptors (Lipinski definition) is 2. The van der Waals surface area contributed by atoms with Crippen LogP contribution < -0.4 is 0 Å². The minimum Gasteiger partial charge on any atom is -0.388 e. The van der Waals surface area contributed by atoms with Gasteiger partial charge in [-0.15, -0.1) is 0 Å². The maximum Gasteiger partial charge on any atom is 0.0800 e. The molecule has 0 aliphatic carbocycles. The Labute approximate surface area is 90.8 Å². The van der Waals surface area contributed by atoms with Crippen LogP contribution in [0.3, 0.4) is 0 Å². The summed E-state index contributed by atoms with van der Waals surface area (Å²) in [4.78, 5) is 0. The Hall–Kier alpha value is -0.340. The van der Waals surface area contributed by atoms with Crippen molar-refractivity contribution in [2.45, 2.75) is 40.2 Å². The fraction of sp³-hybridized carbons (Fsp3) is 0.667. The first-order chi connectivity index (χ1) is 6.41. The summed E-state index contributed by atoms with van der Waals surface area (Å²) < 4.78 is 0. The molecule has 0 bridgehead atoms. The molecule has 0 saturated carbocycles. The van der Waals surface area contributed by atoms with E-state index in [0.717, 1.165) is 12.0 Å². The summed E-state index contributed by atoms with van der Waals surface area (Å²) in [5.74, 6) is 0.525. The van der Waals surface area contributed by atoms with Gasteiger partial charge in [0.05, 0.1) is 6.10 Å².